The molecule has 1 rings (SSSR count). The second-order valence-corrected chi connectivity index (χ2v) is 3.24. The van der Waals surface area contributed by atoms with Crippen LogP contribution in [0.5, 0.6) is 0 Å². The maximum atomic E-state index is 13.1. The summed E-state index contributed by atoms with van der Waals surface area (Å²) in [5.41, 5.74) is 5.02. The van der Waals surface area contributed by atoms with E-state index in [2.05, 4.69) is 12.2 Å². The van der Waals surface area contributed by atoms with Crippen LogP contribution in [0.4, 0.5) is 13.2 Å². The molecule has 1 aromatic carbocycles. The molecule has 3 nitrogen and oxygen atoms in total. The van der Waals surface area contributed by atoms with Crippen LogP contribution in [-0.2, 0) is 6.54 Å². The number of nitrogens with two attached hydrogens (primary N) is 2. The van der Waals surface area contributed by atoms with Gasteiger partial charge in [0.1, 0.15) is 5.82 Å². The zero-order valence-corrected chi connectivity index (χ0v) is 8.32. The van der Waals surface area contributed by atoms with Crippen LogP contribution in [-0.4, -0.2) is 10.1 Å². The van der Waals surface area contributed by atoms with Gasteiger partial charge >= 0.3 is 0 Å². The number of rotatable bonds is 2. The third-order valence-electron chi connectivity index (χ3n) is 1.71. The standard InChI is InChI=1S/C8H8F3N3S/c9-5-2-7(11)6(10)1-4(5)3-14(13)8(12)15/h1-2H,3,13H2,(H2,12,15). The van der Waals surface area contributed by atoms with E-state index in [-0.39, 0.29) is 17.2 Å². The van der Waals surface area contributed by atoms with Gasteiger partial charge in [0.15, 0.2) is 16.7 Å². The van der Waals surface area contributed by atoms with Gasteiger partial charge in [0, 0.05) is 11.6 Å². The van der Waals surface area contributed by atoms with Crippen molar-refractivity contribution in [3.05, 3.63) is 35.1 Å². The molecule has 0 aromatic heterocycles. The van der Waals surface area contributed by atoms with Crippen molar-refractivity contribution in [2.75, 3.05) is 0 Å². The summed E-state index contributed by atoms with van der Waals surface area (Å²) in [6.07, 6.45) is 0. The fourth-order valence-electron chi connectivity index (χ4n) is 0.946. The quantitative estimate of drug-likeness (QED) is 0.348. The molecule has 0 aliphatic carbocycles. The Labute approximate surface area is 89.4 Å². The molecule has 0 unspecified atom stereocenters. The van der Waals surface area contributed by atoms with E-state index in [0.717, 1.165) is 5.01 Å². The van der Waals surface area contributed by atoms with Crippen molar-refractivity contribution in [3.63, 3.8) is 0 Å². The topological polar surface area (TPSA) is 55.3 Å². The summed E-state index contributed by atoms with van der Waals surface area (Å²) < 4.78 is 38.4. The largest absolute Gasteiger partial charge is 0.375 e. The molecule has 0 amide bonds. The van der Waals surface area contributed by atoms with Gasteiger partial charge in [-0.05, 0) is 18.3 Å². The highest BCUT2D eigenvalue weighted by Gasteiger charge is 2.12. The van der Waals surface area contributed by atoms with Crippen molar-refractivity contribution >= 4 is 17.3 Å². The molecule has 0 spiro atoms. The molecular weight excluding hydrogens is 227 g/mol. The molecule has 0 aliphatic heterocycles. The number of nitrogens with zero attached hydrogens (tertiary/aromatic N) is 1. The van der Waals surface area contributed by atoms with Gasteiger partial charge in [0.2, 0.25) is 0 Å². The Bertz CT molecular complexity index is 397. The second-order valence-electron chi connectivity index (χ2n) is 2.82. The minimum absolute atomic E-state index is 0.121. The summed E-state index contributed by atoms with van der Waals surface area (Å²) in [4.78, 5) is 0. The Kier molecular flexibility index (Phi) is 3.48. The van der Waals surface area contributed by atoms with Crippen LogP contribution in [0.15, 0.2) is 12.1 Å². The molecule has 0 radical (unpaired) electrons. The fraction of sp³-hybridized carbons (Fsp3) is 0.125. The molecule has 0 heterocycles. The van der Waals surface area contributed by atoms with E-state index in [1.165, 1.54) is 0 Å². The van der Waals surface area contributed by atoms with Gasteiger partial charge < -0.3 is 5.73 Å². The molecule has 15 heavy (non-hydrogen) atoms. The number of halogens is 3. The number of hydrazine groups is 1. The first-order chi connectivity index (χ1) is 6.91. The molecular formula is C8H8F3N3S. The zero-order valence-electron chi connectivity index (χ0n) is 7.51. The summed E-state index contributed by atoms with van der Waals surface area (Å²) >= 11 is 4.51. The molecule has 4 N–H and O–H groups in total. The summed E-state index contributed by atoms with van der Waals surface area (Å²) in [5, 5.41) is 0.685. The Morgan fingerprint density at radius 2 is 1.73 bits per heavy atom. The second kappa shape index (κ2) is 4.45. The summed E-state index contributed by atoms with van der Waals surface area (Å²) in [5.74, 6) is 1.98. The van der Waals surface area contributed by atoms with Gasteiger partial charge in [0.05, 0.1) is 6.54 Å². The predicted octanol–water partition coefficient (Wildman–Crippen LogP) is 1.02. The lowest BCUT2D eigenvalue weighted by atomic mass is 10.2. The normalized spacial score (nSPS) is 10.1. The van der Waals surface area contributed by atoms with Crippen LogP contribution in [0.1, 0.15) is 5.56 Å². The molecule has 82 valence electrons. The Hall–Kier alpha value is -1.34. The fourth-order valence-corrected chi connectivity index (χ4v) is 1.01. The number of hydrogen-bond donors (Lipinski definition) is 2. The molecule has 1 aromatic rings. The van der Waals surface area contributed by atoms with Crippen LogP contribution in [0, 0.1) is 17.5 Å². The highest BCUT2D eigenvalue weighted by atomic mass is 32.1. The van der Waals surface area contributed by atoms with Crippen molar-refractivity contribution in [1.82, 2.24) is 5.01 Å². The van der Waals surface area contributed by atoms with Crippen molar-refractivity contribution in [3.8, 4) is 0 Å². The first-order valence-electron chi connectivity index (χ1n) is 3.87. The molecule has 0 atom stereocenters. The SMILES string of the molecule is NC(=S)N(N)Cc1cc(F)c(F)cc1F. The first-order valence-corrected chi connectivity index (χ1v) is 4.27. The lowest BCUT2D eigenvalue weighted by Crippen LogP contribution is -2.40. The minimum atomic E-state index is -1.25. The predicted molar refractivity (Wildman–Crippen MR) is 52.8 cm³/mol. The molecule has 0 aliphatic rings. The molecule has 0 saturated carbocycles. The van der Waals surface area contributed by atoms with Gasteiger partial charge in [-0.3, -0.25) is 5.01 Å². The number of hydrogen-bond acceptors (Lipinski definition) is 2. The Morgan fingerprint density at radius 3 is 2.27 bits per heavy atom. The third-order valence-corrected chi connectivity index (χ3v) is 1.95. The van der Waals surface area contributed by atoms with Gasteiger partial charge in [-0.2, -0.15) is 0 Å². The maximum absolute atomic E-state index is 13.1. The minimum Gasteiger partial charge on any atom is -0.375 e. The monoisotopic (exact) mass is 235 g/mol. The van der Waals surface area contributed by atoms with Crippen molar-refractivity contribution < 1.29 is 13.2 Å². The van der Waals surface area contributed by atoms with Crippen molar-refractivity contribution in [2.24, 2.45) is 11.6 Å². The third kappa shape index (κ3) is 2.80. The van der Waals surface area contributed by atoms with Crippen LogP contribution in [0.3, 0.4) is 0 Å². The van der Waals surface area contributed by atoms with Crippen molar-refractivity contribution in [2.45, 2.75) is 6.54 Å². The highest BCUT2D eigenvalue weighted by Crippen LogP contribution is 2.14. The highest BCUT2D eigenvalue weighted by molar-refractivity contribution is 7.80. The summed E-state index contributed by atoms with van der Waals surface area (Å²) in [6, 6.07) is 1.15. The molecule has 0 fully saturated rings. The van der Waals surface area contributed by atoms with E-state index in [4.69, 9.17) is 11.6 Å². The Balaban J connectivity index is 2.95. The number of benzene rings is 1. The average molecular weight is 235 g/mol. The maximum Gasteiger partial charge on any atom is 0.180 e. The van der Waals surface area contributed by atoms with Crippen LogP contribution in [0.25, 0.3) is 0 Å². The van der Waals surface area contributed by atoms with Gasteiger partial charge in [-0.1, -0.05) is 0 Å². The van der Waals surface area contributed by atoms with E-state index >= 15 is 0 Å². The van der Waals surface area contributed by atoms with E-state index < -0.39 is 17.5 Å². The van der Waals surface area contributed by atoms with E-state index in [0.29, 0.717) is 12.1 Å². The van der Waals surface area contributed by atoms with Crippen LogP contribution >= 0.6 is 12.2 Å². The average Bonchev–Trinajstić information content (AvgIpc) is 2.13. The van der Waals surface area contributed by atoms with Gasteiger partial charge in [-0.25, -0.2) is 19.0 Å². The molecule has 0 bridgehead atoms. The van der Waals surface area contributed by atoms with Crippen molar-refractivity contribution in [1.29, 1.82) is 0 Å². The van der Waals surface area contributed by atoms with E-state index in [1.807, 2.05) is 0 Å². The molecule has 7 heteroatoms. The van der Waals surface area contributed by atoms with Gasteiger partial charge in [-0.15, -0.1) is 0 Å². The number of thiocarbonyl (C=S) groups is 1. The van der Waals surface area contributed by atoms with Crippen LogP contribution in [0.2, 0.25) is 0 Å². The van der Waals surface area contributed by atoms with E-state index in [1.54, 1.807) is 0 Å². The summed E-state index contributed by atoms with van der Waals surface area (Å²) in [7, 11) is 0. The zero-order chi connectivity index (χ0) is 11.6. The van der Waals surface area contributed by atoms with Crippen LogP contribution < -0.4 is 11.6 Å². The van der Waals surface area contributed by atoms with Gasteiger partial charge in [0.25, 0.3) is 0 Å². The Morgan fingerprint density at radius 1 is 1.20 bits per heavy atom. The first kappa shape index (κ1) is 11.7. The smallest absolute Gasteiger partial charge is 0.180 e. The lowest BCUT2D eigenvalue weighted by molar-refractivity contribution is 0.417. The lowest BCUT2D eigenvalue weighted by Gasteiger charge is -2.16. The van der Waals surface area contributed by atoms with E-state index in [9.17, 15) is 13.2 Å². The summed E-state index contributed by atoms with van der Waals surface area (Å²) in [6.45, 7) is -0.224. The molecule has 0 saturated heterocycles.